The van der Waals surface area contributed by atoms with E-state index >= 15 is 0 Å². The van der Waals surface area contributed by atoms with E-state index in [0.717, 1.165) is 0 Å². The molecule has 0 radical (unpaired) electrons. The molecule has 0 aromatic heterocycles. The summed E-state index contributed by atoms with van der Waals surface area (Å²) in [4.78, 5) is 23.6. The van der Waals surface area contributed by atoms with Gasteiger partial charge in [0, 0.05) is 24.9 Å². The smallest absolute Gasteiger partial charge is 0.325 e. The normalized spacial score (nSPS) is 10.3. The Labute approximate surface area is 123 Å². The zero-order valence-corrected chi connectivity index (χ0v) is 12.7. The van der Waals surface area contributed by atoms with Gasteiger partial charge in [-0.05, 0) is 26.8 Å². The summed E-state index contributed by atoms with van der Waals surface area (Å²) in [5.74, 6) is -0.173. The van der Waals surface area contributed by atoms with Gasteiger partial charge in [0.1, 0.15) is 6.54 Å². The fourth-order valence-electron chi connectivity index (χ4n) is 1.73. The summed E-state index contributed by atoms with van der Waals surface area (Å²) in [6, 6.07) is 4.50. The highest BCUT2D eigenvalue weighted by atomic mass is 16.6. The Morgan fingerprint density at radius 1 is 1.43 bits per heavy atom. The Kier molecular flexibility index (Phi) is 5.95. The molecule has 0 N–H and O–H groups in total. The lowest BCUT2D eigenvalue weighted by Crippen LogP contribution is -2.27. The van der Waals surface area contributed by atoms with E-state index in [1.165, 1.54) is 6.07 Å². The first-order valence-corrected chi connectivity index (χ1v) is 6.67. The van der Waals surface area contributed by atoms with Gasteiger partial charge in [0.25, 0.3) is 0 Å². The highest BCUT2D eigenvalue weighted by Gasteiger charge is 2.18. The van der Waals surface area contributed by atoms with Gasteiger partial charge in [-0.3, -0.25) is 14.9 Å². The second-order valence-corrected chi connectivity index (χ2v) is 4.74. The van der Waals surface area contributed by atoms with Gasteiger partial charge in [-0.15, -0.1) is 0 Å². The molecule has 0 saturated carbocycles. The number of carbonyl (C=O) groups excluding carboxylic acids is 1. The number of anilines is 1. The summed E-state index contributed by atoms with van der Waals surface area (Å²) in [5.41, 5.74) is 0.543. The van der Waals surface area contributed by atoms with Crippen LogP contribution in [0.5, 0.6) is 5.75 Å². The van der Waals surface area contributed by atoms with Crippen LogP contribution in [0.1, 0.15) is 20.8 Å². The quantitative estimate of drug-likeness (QED) is 0.436. The van der Waals surface area contributed by atoms with E-state index < -0.39 is 4.92 Å². The van der Waals surface area contributed by atoms with E-state index in [1.807, 2.05) is 0 Å². The number of esters is 1. The molecule has 116 valence electrons. The first-order chi connectivity index (χ1) is 9.85. The Hall–Kier alpha value is -2.31. The van der Waals surface area contributed by atoms with Crippen LogP contribution in [0.4, 0.5) is 11.4 Å². The van der Waals surface area contributed by atoms with Crippen molar-refractivity contribution in [2.45, 2.75) is 26.9 Å². The molecule has 0 spiro atoms. The molecule has 1 aromatic rings. The largest absolute Gasteiger partial charge is 0.484 e. The van der Waals surface area contributed by atoms with E-state index in [1.54, 1.807) is 44.9 Å². The highest BCUT2D eigenvalue weighted by molar-refractivity contribution is 5.76. The van der Waals surface area contributed by atoms with Crippen LogP contribution in [0, 0.1) is 10.1 Å². The van der Waals surface area contributed by atoms with Crippen molar-refractivity contribution in [1.29, 1.82) is 0 Å². The maximum absolute atomic E-state index is 11.5. The number of carbonyl (C=O) groups is 1. The number of benzene rings is 1. The number of rotatable bonds is 7. The van der Waals surface area contributed by atoms with Crippen LogP contribution in [0.25, 0.3) is 0 Å². The third-order valence-corrected chi connectivity index (χ3v) is 2.62. The van der Waals surface area contributed by atoms with Gasteiger partial charge in [0.05, 0.1) is 17.6 Å². The van der Waals surface area contributed by atoms with Gasteiger partial charge in [-0.1, -0.05) is 0 Å². The number of hydrogen-bond donors (Lipinski definition) is 0. The number of likely N-dealkylation sites (N-methyl/N-ethyl adjacent to an activating group) is 1. The number of nitro groups is 1. The van der Waals surface area contributed by atoms with E-state index in [-0.39, 0.29) is 30.1 Å². The van der Waals surface area contributed by atoms with Gasteiger partial charge in [-0.25, -0.2) is 0 Å². The van der Waals surface area contributed by atoms with Gasteiger partial charge >= 0.3 is 11.7 Å². The van der Waals surface area contributed by atoms with Gasteiger partial charge in [-0.2, -0.15) is 0 Å². The molecule has 1 rings (SSSR count). The Balaban J connectivity index is 2.98. The number of hydrogen-bond acceptors (Lipinski definition) is 6. The molecule has 0 amide bonds. The first-order valence-electron chi connectivity index (χ1n) is 6.67. The molecule has 0 saturated heterocycles. The average Bonchev–Trinajstić information content (AvgIpc) is 2.37. The standard InChI is InChI=1S/C14H20N2O5/c1-5-20-14(17)9-15(4)11-6-7-12(16(18)19)13(8-11)21-10(2)3/h6-8,10H,5,9H2,1-4H3. The van der Waals surface area contributed by atoms with Crippen molar-refractivity contribution >= 4 is 17.3 Å². The molecule has 7 nitrogen and oxygen atoms in total. The van der Waals surface area contributed by atoms with Crippen LogP contribution in [-0.2, 0) is 9.53 Å². The molecule has 0 aliphatic carbocycles. The minimum Gasteiger partial charge on any atom is -0.484 e. The zero-order valence-electron chi connectivity index (χ0n) is 12.7. The lowest BCUT2D eigenvalue weighted by Gasteiger charge is -2.19. The van der Waals surface area contributed by atoms with Crippen LogP contribution in [-0.4, -0.2) is 37.2 Å². The van der Waals surface area contributed by atoms with Crippen molar-refractivity contribution in [3.8, 4) is 5.75 Å². The second-order valence-electron chi connectivity index (χ2n) is 4.74. The fourth-order valence-corrected chi connectivity index (χ4v) is 1.73. The van der Waals surface area contributed by atoms with Gasteiger partial charge < -0.3 is 14.4 Å². The number of nitrogens with zero attached hydrogens (tertiary/aromatic N) is 2. The van der Waals surface area contributed by atoms with Gasteiger partial charge in [0.15, 0.2) is 5.75 Å². The Bertz CT molecular complexity index is 516. The lowest BCUT2D eigenvalue weighted by atomic mass is 10.2. The van der Waals surface area contributed by atoms with Crippen molar-refractivity contribution in [1.82, 2.24) is 0 Å². The molecule has 0 unspecified atom stereocenters. The summed E-state index contributed by atoms with van der Waals surface area (Å²) in [5, 5.41) is 11.0. The number of nitro benzene ring substituents is 1. The summed E-state index contributed by atoms with van der Waals surface area (Å²) in [7, 11) is 1.71. The van der Waals surface area contributed by atoms with Crippen molar-refractivity contribution in [3.05, 3.63) is 28.3 Å². The predicted molar refractivity (Wildman–Crippen MR) is 78.8 cm³/mol. The Morgan fingerprint density at radius 2 is 2.10 bits per heavy atom. The van der Waals surface area contributed by atoms with Crippen molar-refractivity contribution in [3.63, 3.8) is 0 Å². The Morgan fingerprint density at radius 3 is 2.62 bits per heavy atom. The van der Waals surface area contributed by atoms with E-state index in [0.29, 0.717) is 12.3 Å². The van der Waals surface area contributed by atoms with Crippen LogP contribution in [0.3, 0.4) is 0 Å². The van der Waals surface area contributed by atoms with E-state index in [2.05, 4.69) is 0 Å². The average molecular weight is 296 g/mol. The highest BCUT2D eigenvalue weighted by Crippen LogP contribution is 2.32. The lowest BCUT2D eigenvalue weighted by molar-refractivity contribution is -0.386. The zero-order chi connectivity index (χ0) is 16.0. The molecule has 1 aromatic carbocycles. The van der Waals surface area contributed by atoms with Gasteiger partial charge in [0.2, 0.25) is 0 Å². The molecule has 0 fully saturated rings. The molecule has 0 atom stereocenters. The maximum Gasteiger partial charge on any atom is 0.325 e. The predicted octanol–water partition coefficient (Wildman–Crippen LogP) is 2.38. The molecule has 0 aliphatic rings. The minimum absolute atomic E-state index is 0.0623. The van der Waals surface area contributed by atoms with Crippen LogP contribution in [0.2, 0.25) is 0 Å². The van der Waals surface area contributed by atoms with Crippen molar-refractivity contribution < 1.29 is 19.2 Å². The van der Waals surface area contributed by atoms with E-state index in [4.69, 9.17) is 9.47 Å². The fraction of sp³-hybridized carbons (Fsp3) is 0.500. The molecule has 21 heavy (non-hydrogen) atoms. The molecule has 0 bridgehead atoms. The second kappa shape index (κ2) is 7.47. The third kappa shape index (κ3) is 4.94. The first kappa shape index (κ1) is 16.7. The van der Waals surface area contributed by atoms with Crippen LogP contribution < -0.4 is 9.64 Å². The molecular formula is C14H20N2O5. The molecular weight excluding hydrogens is 276 g/mol. The van der Waals surface area contributed by atoms with Crippen LogP contribution in [0.15, 0.2) is 18.2 Å². The molecule has 7 heteroatoms. The summed E-state index contributed by atoms with van der Waals surface area (Å²) < 4.78 is 10.3. The SMILES string of the molecule is CCOC(=O)CN(C)c1ccc([N+](=O)[O-])c(OC(C)C)c1. The summed E-state index contributed by atoms with van der Waals surface area (Å²) in [6.45, 7) is 5.69. The topological polar surface area (TPSA) is 81.9 Å². The summed E-state index contributed by atoms with van der Waals surface area (Å²) >= 11 is 0. The van der Waals surface area contributed by atoms with Crippen LogP contribution >= 0.6 is 0 Å². The molecule has 0 heterocycles. The van der Waals surface area contributed by atoms with Crippen molar-refractivity contribution in [2.75, 3.05) is 25.1 Å². The monoisotopic (exact) mass is 296 g/mol. The molecule has 0 aliphatic heterocycles. The van der Waals surface area contributed by atoms with E-state index in [9.17, 15) is 14.9 Å². The third-order valence-electron chi connectivity index (χ3n) is 2.62. The maximum atomic E-state index is 11.5. The minimum atomic E-state index is -0.493. The van der Waals surface area contributed by atoms with Crippen molar-refractivity contribution in [2.24, 2.45) is 0 Å². The summed E-state index contributed by atoms with van der Waals surface area (Å²) in [6.07, 6.45) is -0.186. The number of ether oxygens (including phenoxy) is 2.